The van der Waals surface area contributed by atoms with Crippen LogP contribution in [-0.4, -0.2) is 18.0 Å². The minimum Gasteiger partial charge on any atom is -0.297 e. The third-order valence-electron chi connectivity index (χ3n) is 4.00. The van der Waals surface area contributed by atoms with Gasteiger partial charge >= 0.3 is 0 Å². The van der Waals surface area contributed by atoms with E-state index >= 15 is 0 Å². The third kappa shape index (κ3) is 1.62. The highest BCUT2D eigenvalue weighted by Gasteiger charge is 2.57. The molecule has 0 spiro atoms. The Bertz CT molecular complexity index is 420. The predicted octanol–water partition coefficient (Wildman–Crippen LogP) is 2.42. The lowest BCUT2D eigenvalue weighted by Crippen LogP contribution is -2.35. The average molecular weight is 212 g/mol. The maximum atomic E-state index is 9.20. The zero-order valence-corrected chi connectivity index (χ0v) is 9.39. The minimum atomic E-state index is 0.0209. The van der Waals surface area contributed by atoms with Crippen molar-refractivity contribution in [3.05, 3.63) is 35.9 Å². The van der Waals surface area contributed by atoms with Crippen molar-refractivity contribution in [2.45, 2.75) is 19.4 Å². The summed E-state index contributed by atoms with van der Waals surface area (Å²) in [7, 11) is 0. The molecule has 1 saturated heterocycles. The first-order chi connectivity index (χ1) is 7.82. The number of hydrogen-bond donors (Lipinski definition) is 0. The molecule has 2 heteroatoms. The van der Waals surface area contributed by atoms with Gasteiger partial charge in [-0.1, -0.05) is 30.3 Å². The Hall–Kier alpha value is -1.33. The van der Waals surface area contributed by atoms with E-state index in [1.165, 1.54) is 12.0 Å². The summed E-state index contributed by atoms with van der Waals surface area (Å²) in [5, 5.41) is 9.20. The number of likely N-dealkylation sites (tertiary alicyclic amines) is 1. The molecule has 0 N–H and O–H groups in total. The summed E-state index contributed by atoms with van der Waals surface area (Å²) >= 11 is 0. The number of benzene rings is 1. The van der Waals surface area contributed by atoms with E-state index in [1.54, 1.807) is 0 Å². The molecule has 1 saturated carbocycles. The van der Waals surface area contributed by atoms with Gasteiger partial charge in [-0.2, -0.15) is 5.26 Å². The van der Waals surface area contributed by atoms with E-state index < -0.39 is 0 Å². The van der Waals surface area contributed by atoms with E-state index in [2.05, 4.69) is 35.2 Å². The average Bonchev–Trinajstić information content (AvgIpc) is 3.05. The van der Waals surface area contributed by atoms with Gasteiger partial charge in [0.05, 0.1) is 11.5 Å². The van der Waals surface area contributed by atoms with Gasteiger partial charge in [0.25, 0.3) is 0 Å². The molecule has 0 bridgehead atoms. The monoisotopic (exact) mass is 212 g/mol. The van der Waals surface area contributed by atoms with Gasteiger partial charge in [0.1, 0.15) is 0 Å². The SMILES string of the molecule is N#CC12CC1CCN(Cc1ccccc1)C2. The maximum absolute atomic E-state index is 9.20. The zero-order chi connectivity index (χ0) is 11.0. The fraction of sp³-hybridized carbons (Fsp3) is 0.500. The number of piperidine rings is 1. The van der Waals surface area contributed by atoms with Crippen LogP contribution in [0.15, 0.2) is 30.3 Å². The Morgan fingerprint density at radius 1 is 1.38 bits per heavy atom. The number of fused-ring (bicyclic) bond motifs is 1. The lowest BCUT2D eigenvalue weighted by molar-refractivity contribution is 0.185. The smallest absolute Gasteiger partial charge is 0.0733 e. The molecule has 1 heterocycles. The Balaban J connectivity index is 1.67. The van der Waals surface area contributed by atoms with Gasteiger partial charge in [0.2, 0.25) is 0 Å². The van der Waals surface area contributed by atoms with E-state index in [0.717, 1.165) is 26.1 Å². The van der Waals surface area contributed by atoms with Crippen LogP contribution in [0.4, 0.5) is 0 Å². The Labute approximate surface area is 96.5 Å². The van der Waals surface area contributed by atoms with Crippen molar-refractivity contribution in [3.63, 3.8) is 0 Å². The van der Waals surface area contributed by atoms with Crippen molar-refractivity contribution in [3.8, 4) is 6.07 Å². The summed E-state index contributed by atoms with van der Waals surface area (Å²) in [6.45, 7) is 3.13. The number of rotatable bonds is 2. The molecule has 1 aromatic carbocycles. The zero-order valence-electron chi connectivity index (χ0n) is 9.39. The highest BCUT2D eigenvalue weighted by Crippen LogP contribution is 2.56. The first kappa shape index (κ1) is 9.86. The lowest BCUT2D eigenvalue weighted by Gasteiger charge is -2.29. The largest absolute Gasteiger partial charge is 0.297 e. The summed E-state index contributed by atoms with van der Waals surface area (Å²) in [5.41, 5.74) is 1.38. The van der Waals surface area contributed by atoms with Gasteiger partial charge < -0.3 is 0 Å². The Morgan fingerprint density at radius 3 is 2.94 bits per heavy atom. The van der Waals surface area contributed by atoms with E-state index in [1.807, 2.05) is 6.07 Å². The summed E-state index contributed by atoms with van der Waals surface area (Å²) in [6, 6.07) is 13.1. The van der Waals surface area contributed by atoms with Crippen LogP contribution < -0.4 is 0 Å². The molecule has 0 amide bonds. The Morgan fingerprint density at radius 2 is 2.19 bits per heavy atom. The van der Waals surface area contributed by atoms with Crippen LogP contribution in [0.5, 0.6) is 0 Å². The Kier molecular flexibility index (Phi) is 2.22. The van der Waals surface area contributed by atoms with Gasteiger partial charge in [0, 0.05) is 13.1 Å². The van der Waals surface area contributed by atoms with Crippen molar-refractivity contribution in [2.24, 2.45) is 11.3 Å². The van der Waals surface area contributed by atoms with E-state index in [4.69, 9.17) is 0 Å². The highest BCUT2D eigenvalue weighted by atomic mass is 15.2. The molecule has 1 aromatic rings. The normalized spacial score (nSPS) is 32.8. The van der Waals surface area contributed by atoms with Gasteiger partial charge in [-0.25, -0.2) is 0 Å². The van der Waals surface area contributed by atoms with Gasteiger partial charge in [-0.05, 0) is 30.9 Å². The van der Waals surface area contributed by atoms with Crippen LogP contribution in [0.25, 0.3) is 0 Å². The number of nitriles is 1. The van der Waals surface area contributed by atoms with Gasteiger partial charge in [0.15, 0.2) is 0 Å². The fourth-order valence-corrected chi connectivity index (χ4v) is 2.92. The number of nitrogens with zero attached hydrogens (tertiary/aromatic N) is 2. The topological polar surface area (TPSA) is 27.0 Å². The third-order valence-corrected chi connectivity index (χ3v) is 4.00. The van der Waals surface area contributed by atoms with Gasteiger partial charge in [-0.15, -0.1) is 0 Å². The maximum Gasteiger partial charge on any atom is 0.0733 e. The van der Waals surface area contributed by atoms with Crippen LogP contribution in [0.3, 0.4) is 0 Å². The molecule has 3 rings (SSSR count). The van der Waals surface area contributed by atoms with Crippen molar-refractivity contribution < 1.29 is 0 Å². The molecule has 0 radical (unpaired) electrons. The number of hydrogen-bond acceptors (Lipinski definition) is 2. The highest BCUT2D eigenvalue weighted by molar-refractivity contribution is 5.20. The molecule has 0 aromatic heterocycles. The van der Waals surface area contributed by atoms with Crippen LogP contribution in [0.2, 0.25) is 0 Å². The first-order valence-corrected chi connectivity index (χ1v) is 6.00. The molecular formula is C14H16N2. The van der Waals surface area contributed by atoms with Crippen LogP contribution >= 0.6 is 0 Å². The van der Waals surface area contributed by atoms with E-state index in [9.17, 15) is 5.26 Å². The van der Waals surface area contributed by atoms with Crippen LogP contribution in [-0.2, 0) is 6.54 Å². The van der Waals surface area contributed by atoms with Crippen molar-refractivity contribution in [2.75, 3.05) is 13.1 Å². The first-order valence-electron chi connectivity index (χ1n) is 6.00. The second-order valence-corrected chi connectivity index (χ2v) is 5.15. The fourth-order valence-electron chi connectivity index (χ4n) is 2.92. The molecule has 2 fully saturated rings. The standard InChI is InChI=1S/C14H16N2/c15-10-14-8-13(14)6-7-16(11-14)9-12-4-2-1-3-5-12/h1-5,13H,6-9,11H2. The van der Waals surface area contributed by atoms with Crippen LogP contribution in [0, 0.1) is 22.7 Å². The van der Waals surface area contributed by atoms with E-state index in [-0.39, 0.29) is 5.41 Å². The lowest BCUT2D eigenvalue weighted by atomic mass is 9.98. The summed E-state index contributed by atoms with van der Waals surface area (Å²) in [4.78, 5) is 2.43. The summed E-state index contributed by atoms with van der Waals surface area (Å²) in [6.07, 6.45) is 2.34. The van der Waals surface area contributed by atoms with Crippen molar-refractivity contribution >= 4 is 0 Å². The van der Waals surface area contributed by atoms with E-state index in [0.29, 0.717) is 5.92 Å². The summed E-state index contributed by atoms with van der Waals surface area (Å²) < 4.78 is 0. The predicted molar refractivity (Wildman–Crippen MR) is 62.5 cm³/mol. The minimum absolute atomic E-state index is 0.0209. The van der Waals surface area contributed by atoms with Crippen molar-refractivity contribution in [1.29, 1.82) is 5.26 Å². The molecular weight excluding hydrogens is 196 g/mol. The quantitative estimate of drug-likeness (QED) is 0.752. The molecule has 2 nitrogen and oxygen atoms in total. The molecule has 1 aliphatic carbocycles. The molecule has 1 aliphatic heterocycles. The van der Waals surface area contributed by atoms with Crippen molar-refractivity contribution in [1.82, 2.24) is 4.90 Å². The van der Waals surface area contributed by atoms with Gasteiger partial charge in [-0.3, -0.25) is 4.90 Å². The molecule has 2 unspecified atom stereocenters. The summed E-state index contributed by atoms with van der Waals surface area (Å²) in [5.74, 6) is 0.699. The molecule has 16 heavy (non-hydrogen) atoms. The molecule has 82 valence electrons. The second-order valence-electron chi connectivity index (χ2n) is 5.15. The molecule has 2 aliphatic rings. The van der Waals surface area contributed by atoms with Crippen LogP contribution in [0.1, 0.15) is 18.4 Å². The molecule has 2 atom stereocenters. The second kappa shape index (κ2) is 3.61.